The minimum absolute atomic E-state index is 0.127. The van der Waals surface area contributed by atoms with Crippen LogP contribution in [0.2, 0.25) is 10.0 Å². The number of esters is 1. The molecule has 28 heavy (non-hydrogen) atoms. The van der Waals surface area contributed by atoms with Crippen molar-refractivity contribution in [1.82, 2.24) is 4.31 Å². The van der Waals surface area contributed by atoms with Gasteiger partial charge in [0.2, 0.25) is 10.0 Å². The van der Waals surface area contributed by atoms with E-state index in [1.54, 1.807) is 42.5 Å². The third-order valence-electron chi connectivity index (χ3n) is 3.97. The Kier molecular flexibility index (Phi) is 8.12. The fourth-order valence-corrected chi connectivity index (χ4v) is 3.95. The summed E-state index contributed by atoms with van der Waals surface area (Å²) < 4.78 is 35.9. The van der Waals surface area contributed by atoms with E-state index in [9.17, 15) is 13.2 Å². The van der Waals surface area contributed by atoms with Crippen molar-refractivity contribution in [1.29, 1.82) is 0 Å². The Bertz CT molecular complexity index is 913. The summed E-state index contributed by atoms with van der Waals surface area (Å²) in [6, 6.07) is 11.7. The lowest BCUT2D eigenvalue weighted by molar-refractivity contribution is 0.0599. The molecular formula is C19H21Cl2NO5S. The highest BCUT2D eigenvalue weighted by atomic mass is 35.5. The SMILES string of the molecule is COC(=O)c1ccccc1CCN(CCOc1cc(Cl)cc(Cl)c1)S(C)(=O)=O. The number of ether oxygens (including phenoxy) is 2. The minimum atomic E-state index is -3.46. The molecule has 0 unspecified atom stereocenters. The van der Waals surface area contributed by atoms with Gasteiger partial charge in [-0.15, -0.1) is 0 Å². The Morgan fingerprint density at radius 2 is 1.71 bits per heavy atom. The zero-order valence-electron chi connectivity index (χ0n) is 15.5. The molecule has 0 bridgehead atoms. The first-order chi connectivity index (χ1) is 13.2. The van der Waals surface area contributed by atoms with E-state index in [0.717, 1.165) is 6.26 Å². The van der Waals surface area contributed by atoms with E-state index in [2.05, 4.69) is 0 Å². The monoisotopic (exact) mass is 445 g/mol. The molecule has 0 aromatic heterocycles. The molecule has 2 aromatic rings. The second-order valence-corrected chi connectivity index (χ2v) is 8.87. The minimum Gasteiger partial charge on any atom is -0.492 e. The summed E-state index contributed by atoms with van der Waals surface area (Å²) >= 11 is 11.9. The number of methoxy groups -OCH3 is 1. The zero-order valence-corrected chi connectivity index (χ0v) is 17.9. The van der Waals surface area contributed by atoms with Gasteiger partial charge in [0.1, 0.15) is 12.4 Å². The van der Waals surface area contributed by atoms with Crippen LogP contribution in [0.25, 0.3) is 0 Å². The summed E-state index contributed by atoms with van der Waals surface area (Å²) in [5.41, 5.74) is 1.13. The Morgan fingerprint density at radius 1 is 1.07 bits per heavy atom. The van der Waals surface area contributed by atoms with Crippen molar-refractivity contribution in [2.45, 2.75) is 6.42 Å². The van der Waals surface area contributed by atoms with Crippen LogP contribution in [-0.4, -0.2) is 51.8 Å². The lowest BCUT2D eigenvalue weighted by Crippen LogP contribution is -2.35. The summed E-state index contributed by atoms with van der Waals surface area (Å²) in [4.78, 5) is 11.9. The summed E-state index contributed by atoms with van der Waals surface area (Å²) in [5.74, 6) is 0.00432. The Morgan fingerprint density at radius 3 is 2.32 bits per heavy atom. The number of hydrogen-bond acceptors (Lipinski definition) is 5. The molecule has 2 aromatic carbocycles. The standard InChI is InChI=1S/C19H21Cl2NO5S/c1-26-19(23)18-6-4-3-5-14(18)7-8-22(28(2,24)25)9-10-27-17-12-15(20)11-16(21)13-17/h3-6,11-13H,7-10H2,1-2H3. The van der Waals surface area contributed by atoms with Crippen LogP contribution < -0.4 is 4.74 Å². The van der Waals surface area contributed by atoms with E-state index in [-0.39, 0.29) is 19.7 Å². The van der Waals surface area contributed by atoms with Gasteiger partial charge in [-0.2, -0.15) is 4.31 Å². The van der Waals surface area contributed by atoms with Crippen molar-refractivity contribution in [3.05, 3.63) is 63.6 Å². The number of carbonyl (C=O) groups is 1. The Hall–Kier alpha value is -1.80. The molecule has 0 aliphatic heterocycles. The molecule has 0 saturated heterocycles. The zero-order chi connectivity index (χ0) is 20.7. The van der Waals surface area contributed by atoms with E-state index in [1.165, 1.54) is 11.4 Å². The molecule has 0 fully saturated rings. The smallest absolute Gasteiger partial charge is 0.338 e. The van der Waals surface area contributed by atoms with Gasteiger partial charge in [0, 0.05) is 23.1 Å². The van der Waals surface area contributed by atoms with Crippen molar-refractivity contribution in [3.8, 4) is 5.75 Å². The molecule has 6 nitrogen and oxygen atoms in total. The second kappa shape index (κ2) is 10.1. The van der Waals surface area contributed by atoms with Gasteiger partial charge in [-0.1, -0.05) is 41.4 Å². The Labute approximate surface area is 175 Å². The highest BCUT2D eigenvalue weighted by molar-refractivity contribution is 7.88. The van der Waals surface area contributed by atoms with E-state index in [1.807, 2.05) is 0 Å². The van der Waals surface area contributed by atoms with Gasteiger partial charge in [0.15, 0.2) is 0 Å². The summed E-state index contributed by atoms with van der Waals surface area (Å²) in [6.45, 7) is 0.470. The van der Waals surface area contributed by atoms with Gasteiger partial charge < -0.3 is 9.47 Å². The number of sulfonamides is 1. The molecule has 0 aliphatic rings. The molecule has 152 valence electrons. The number of nitrogens with zero attached hydrogens (tertiary/aromatic N) is 1. The van der Waals surface area contributed by atoms with Crippen molar-refractivity contribution >= 4 is 39.2 Å². The molecule has 0 aliphatic carbocycles. The third-order valence-corrected chi connectivity index (χ3v) is 5.71. The van der Waals surface area contributed by atoms with Crippen LogP contribution in [-0.2, 0) is 21.2 Å². The summed E-state index contributed by atoms with van der Waals surface area (Å²) in [5, 5.41) is 0.865. The molecular weight excluding hydrogens is 425 g/mol. The molecule has 9 heteroatoms. The maximum atomic E-state index is 12.1. The fourth-order valence-electron chi connectivity index (χ4n) is 2.61. The lowest BCUT2D eigenvalue weighted by Gasteiger charge is -2.20. The van der Waals surface area contributed by atoms with Crippen LogP contribution >= 0.6 is 23.2 Å². The van der Waals surface area contributed by atoms with Crippen LogP contribution in [0.4, 0.5) is 0 Å². The van der Waals surface area contributed by atoms with E-state index in [4.69, 9.17) is 32.7 Å². The van der Waals surface area contributed by atoms with Crippen LogP contribution in [0, 0.1) is 0 Å². The maximum Gasteiger partial charge on any atom is 0.338 e. The first-order valence-electron chi connectivity index (χ1n) is 8.41. The molecule has 0 saturated carbocycles. The van der Waals surface area contributed by atoms with E-state index < -0.39 is 16.0 Å². The van der Waals surface area contributed by atoms with Gasteiger partial charge >= 0.3 is 5.97 Å². The van der Waals surface area contributed by atoms with Crippen molar-refractivity contribution < 1.29 is 22.7 Å². The van der Waals surface area contributed by atoms with Crippen LogP contribution in [0.5, 0.6) is 5.75 Å². The van der Waals surface area contributed by atoms with Crippen LogP contribution in [0.1, 0.15) is 15.9 Å². The number of benzene rings is 2. The molecule has 0 radical (unpaired) electrons. The number of carbonyl (C=O) groups excluding carboxylic acids is 1. The van der Waals surface area contributed by atoms with Gasteiger partial charge in [-0.3, -0.25) is 0 Å². The molecule has 0 heterocycles. The highest BCUT2D eigenvalue weighted by Gasteiger charge is 2.18. The predicted octanol–water partition coefficient (Wildman–Crippen LogP) is 3.66. The van der Waals surface area contributed by atoms with Gasteiger partial charge in [-0.05, 0) is 36.2 Å². The average molecular weight is 446 g/mol. The number of rotatable bonds is 9. The molecule has 0 amide bonds. The average Bonchev–Trinajstić information content (AvgIpc) is 2.62. The number of halogens is 2. The van der Waals surface area contributed by atoms with Crippen molar-refractivity contribution in [3.63, 3.8) is 0 Å². The van der Waals surface area contributed by atoms with Crippen LogP contribution in [0.15, 0.2) is 42.5 Å². The number of hydrogen-bond donors (Lipinski definition) is 0. The van der Waals surface area contributed by atoms with Crippen LogP contribution in [0.3, 0.4) is 0 Å². The van der Waals surface area contributed by atoms with Gasteiger partial charge in [0.05, 0.1) is 18.9 Å². The molecule has 0 N–H and O–H groups in total. The summed E-state index contributed by atoms with van der Waals surface area (Å²) in [7, 11) is -2.15. The maximum absolute atomic E-state index is 12.1. The molecule has 0 atom stereocenters. The largest absolute Gasteiger partial charge is 0.492 e. The Balaban J connectivity index is 2.02. The normalized spacial score (nSPS) is 11.5. The second-order valence-electron chi connectivity index (χ2n) is 6.01. The first kappa shape index (κ1) is 22.5. The predicted molar refractivity (Wildman–Crippen MR) is 110 cm³/mol. The summed E-state index contributed by atoms with van der Waals surface area (Å²) in [6.07, 6.45) is 1.50. The highest BCUT2D eigenvalue weighted by Crippen LogP contribution is 2.24. The van der Waals surface area contributed by atoms with E-state index in [0.29, 0.717) is 33.3 Å². The fraction of sp³-hybridized carbons (Fsp3) is 0.316. The van der Waals surface area contributed by atoms with Crippen molar-refractivity contribution in [2.75, 3.05) is 33.1 Å². The third kappa shape index (κ3) is 6.67. The quantitative estimate of drug-likeness (QED) is 0.550. The molecule has 2 rings (SSSR count). The first-order valence-corrected chi connectivity index (χ1v) is 11.0. The van der Waals surface area contributed by atoms with E-state index >= 15 is 0 Å². The topological polar surface area (TPSA) is 72.9 Å². The van der Waals surface area contributed by atoms with Gasteiger partial charge in [0.25, 0.3) is 0 Å². The lowest BCUT2D eigenvalue weighted by atomic mass is 10.0. The van der Waals surface area contributed by atoms with Gasteiger partial charge in [-0.25, -0.2) is 13.2 Å². The van der Waals surface area contributed by atoms with Crippen molar-refractivity contribution in [2.24, 2.45) is 0 Å². The molecule has 0 spiro atoms.